The van der Waals surface area contributed by atoms with Crippen LogP contribution >= 0.6 is 0 Å². The van der Waals surface area contributed by atoms with Crippen molar-refractivity contribution in [3.63, 3.8) is 0 Å². The normalized spacial score (nSPS) is 23.3. The number of unbranched alkanes of at least 4 members (excludes halogenated alkanes) is 2. The molecule has 0 spiro atoms. The van der Waals surface area contributed by atoms with Gasteiger partial charge in [0.05, 0.1) is 0 Å². The van der Waals surface area contributed by atoms with Gasteiger partial charge in [-0.2, -0.15) is 0 Å². The number of amides is 4. The average molecular weight is 324 g/mol. The van der Waals surface area contributed by atoms with E-state index in [0.717, 1.165) is 19.3 Å². The third-order valence-corrected chi connectivity index (χ3v) is 4.08. The molecule has 2 fully saturated rings. The first kappa shape index (κ1) is 17.2. The molecule has 8 nitrogen and oxygen atoms in total. The summed E-state index contributed by atoms with van der Waals surface area (Å²) in [5.41, 5.74) is 0. The van der Waals surface area contributed by atoms with Crippen molar-refractivity contribution in [2.75, 3.05) is 13.1 Å². The molecule has 0 aromatic rings. The van der Waals surface area contributed by atoms with Crippen LogP contribution in [0.5, 0.6) is 0 Å². The maximum Gasteiger partial charge on any atom is 0.242 e. The highest BCUT2D eigenvalue weighted by Crippen LogP contribution is 2.07. The predicted octanol–water partition coefficient (Wildman–Crippen LogP) is -1.05. The van der Waals surface area contributed by atoms with Gasteiger partial charge in [0.15, 0.2) is 0 Å². The number of rotatable bonds is 8. The quantitative estimate of drug-likeness (QED) is 0.426. The fourth-order valence-electron chi connectivity index (χ4n) is 2.72. The molecule has 8 heteroatoms. The Balaban J connectivity index is 1.45. The van der Waals surface area contributed by atoms with Gasteiger partial charge >= 0.3 is 0 Å². The van der Waals surface area contributed by atoms with Crippen molar-refractivity contribution in [1.29, 1.82) is 0 Å². The Bertz CT molecular complexity index is 438. The SMILES string of the molecule is O=C1CC[C@@H](C(=O)NCCCCCNC(=O)[C@@H]2CCC(=O)N2)N1. The smallest absolute Gasteiger partial charge is 0.242 e. The van der Waals surface area contributed by atoms with E-state index in [1.807, 2.05) is 0 Å². The second-order valence-corrected chi connectivity index (χ2v) is 5.96. The molecule has 2 heterocycles. The minimum Gasteiger partial charge on any atom is -0.354 e. The van der Waals surface area contributed by atoms with Crippen molar-refractivity contribution in [2.24, 2.45) is 0 Å². The molecule has 4 amide bonds. The summed E-state index contributed by atoms with van der Waals surface area (Å²) in [5.74, 6) is -0.388. The molecule has 0 saturated carbocycles. The van der Waals surface area contributed by atoms with E-state index in [1.165, 1.54) is 0 Å². The van der Waals surface area contributed by atoms with Gasteiger partial charge in [0.1, 0.15) is 12.1 Å². The van der Waals surface area contributed by atoms with Crippen molar-refractivity contribution in [2.45, 2.75) is 57.0 Å². The Hall–Kier alpha value is -2.12. The fraction of sp³-hybridized carbons (Fsp3) is 0.733. The number of hydrogen-bond acceptors (Lipinski definition) is 4. The molecule has 2 saturated heterocycles. The van der Waals surface area contributed by atoms with Gasteiger partial charge in [-0.1, -0.05) is 0 Å². The van der Waals surface area contributed by atoms with E-state index in [2.05, 4.69) is 21.3 Å². The lowest BCUT2D eigenvalue weighted by molar-refractivity contribution is -0.125. The summed E-state index contributed by atoms with van der Waals surface area (Å²) in [6.07, 6.45) is 4.49. The molecule has 0 unspecified atom stereocenters. The zero-order valence-corrected chi connectivity index (χ0v) is 13.2. The van der Waals surface area contributed by atoms with Gasteiger partial charge in [0.25, 0.3) is 0 Å². The van der Waals surface area contributed by atoms with Crippen molar-refractivity contribution in [3.8, 4) is 0 Å². The zero-order chi connectivity index (χ0) is 16.7. The maximum absolute atomic E-state index is 11.7. The topological polar surface area (TPSA) is 116 Å². The van der Waals surface area contributed by atoms with E-state index in [4.69, 9.17) is 0 Å². The van der Waals surface area contributed by atoms with Crippen LogP contribution in [0.1, 0.15) is 44.9 Å². The number of carbonyl (C=O) groups is 4. The third kappa shape index (κ3) is 5.54. The van der Waals surface area contributed by atoms with E-state index in [0.29, 0.717) is 38.8 Å². The molecule has 4 N–H and O–H groups in total. The van der Waals surface area contributed by atoms with Crippen LogP contribution in [-0.2, 0) is 19.2 Å². The monoisotopic (exact) mass is 324 g/mol. The lowest BCUT2D eigenvalue weighted by Crippen LogP contribution is -2.42. The Kier molecular flexibility index (Phi) is 6.37. The van der Waals surface area contributed by atoms with Crippen molar-refractivity contribution in [1.82, 2.24) is 21.3 Å². The summed E-state index contributed by atoms with van der Waals surface area (Å²) in [4.78, 5) is 45.5. The fourth-order valence-corrected chi connectivity index (χ4v) is 2.72. The van der Waals surface area contributed by atoms with E-state index in [1.54, 1.807) is 0 Å². The van der Waals surface area contributed by atoms with Crippen LogP contribution in [0.15, 0.2) is 0 Å². The van der Waals surface area contributed by atoms with Crippen molar-refractivity contribution in [3.05, 3.63) is 0 Å². The summed E-state index contributed by atoms with van der Waals surface area (Å²) >= 11 is 0. The van der Waals surface area contributed by atoms with Crippen LogP contribution < -0.4 is 21.3 Å². The Morgan fingerprint density at radius 1 is 0.826 bits per heavy atom. The van der Waals surface area contributed by atoms with E-state index >= 15 is 0 Å². The second-order valence-electron chi connectivity index (χ2n) is 5.96. The number of carbonyl (C=O) groups excluding carboxylic acids is 4. The maximum atomic E-state index is 11.7. The summed E-state index contributed by atoms with van der Waals surface area (Å²) in [7, 11) is 0. The first-order valence-corrected chi connectivity index (χ1v) is 8.20. The lowest BCUT2D eigenvalue weighted by Gasteiger charge is -2.12. The van der Waals surface area contributed by atoms with E-state index < -0.39 is 0 Å². The van der Waals surface area contributed by atoms with E-state index in [9.17, 15) is 19.2 Å². The molecule has 0 radical (unpaired) electrons. The summed E-state index contributed by atoms with van der Waals surface area (Å²) in [6, 6.07) is -0.771. The molecule has 23 heavy (non-hydrogen) atoms. The zero-order valence-electron chi connectivity index (χ0n) is 13.2. The summed E-state index contributed by atoms with van der Waals surface area (Å²) < 4.78 is 0. The number of hydrogen-bond donors (Lipinski definition) is 4. The van der Waals surface area contributed by atoms with Crippen LogP contribution in [0.4, 0.5) is 0 Å². The van der Waals surface area contributed by atoms with Gasteiger partial charge in [-0.3, -0.25) is 19.2 Å². The van der Waals surface area contributed by atoms with Gasteiger partial charge in [-0.25, -0.2) is 0 Å². The second kappa shape index (κ2) is 8.50. The predicted molar refractivity (Wildman–Crippen MR) is 82.2 cm³/mol. The number of nitrogens with one attached hydrogen (secondary N) is 4. The Labute approximate surface area is 135 Å². The van der Waals surface area contributed by atoms with Gasteiger partial charge in [-0.15, -0.1) is 0 Å². The van der Waals surface area contributed by atoms with Crippen LogP contribution in [0.2, 0.25) is 0 Å². The highest BCUT2D eigenvalue weighted by atomic mass is 16.2. The van der Waals surface area contributed by atoms with Crippen molar-refractivity contribution < 1.29 is 19.2 Å². The molecule has 0 aliphatic carbocycles. The summed E-state index contributed by atoms with van der Waals surface area (Å²) in [6.45, 7) is 1.13. The van der Waals surface area contributed by atoms with Gasteiger partial charge in [0.2, 0.25) is 23.6 Å². The first-order valence-electron chi connectivity index (χ1n) is 8.20. The van der Waals surface area contributed by atoms with Crippen LogP contribution in [-0.4, -0.2) is 48.8 Å². The molecule has 0 bridgehead atoms. The Morgan fingerprint density at radius 3 is 1.61 bits per heavy atom. The highest BCUT2D eigenvalue weighted by molar-refractivity contribution is 5.91. The van der Waals surface area contributed by atoms with Crippen LogP contribution in [0.25, 0.3) is 0 Å². The molecule has 128 valence electrons. The van der Waals surface area contributed by atoms with Crippen LogP contribution in [0.3, 0.4) is 0 Å². The standard InChI is InChI=1S/C15H24N4O4/c20-12-6-4-10(18-12)14(22)16-8-2-1-3-9-17-15(23)11-5-7-13(21)19-11/h10-11H,1-9H2,(H,16,22)(H,17,23)(H,18,20)(H,19,21)/t10-,11-/m0/s1. The van der Waals surface area contributed by atoms with E-state index in [-0.39, 0.29) is 35.7 Å². The molecule has 2 rings (SSSR count). The van der Waals surface area contributed by atoms with Crippen molar-refractivity contribution >= 4 is 23.6 Å². The molecule has 0 aromatic heterocycles. The first-order chi connectivity index (χ1) is 11.1. The Morgan fingerprint density at radius 2 is 1.26 bits per heavy atom. The lowest BCUT2D eigenvalue weighted by atomic mass is 10.2. The molecule has 0 aromatic carbocycles. The van der Waals surface area contributed by atoms with Gasteiger partial charge in [0, 0.05) is 25.9 Å². The summed E-state index contributed by atoms with van der Waals surface area (Å²) in [5, 5.41) is 10.9. The highest BCUT2D eigenvalue weighted by Gasteiger charge is 2.27. The molecule has 2 aliphatic heterocycles. The molecule has 2 atom stereocenters. The van der Waals surface area contributed by atoms with Crippen LogP contribution in [0, 0.1) is 0 Å². The minimum atomic E-state index is -0.386. The van der Waals surface area contributed by atoms with Gasteiger partial charge < -0.3 is 21.3 Å². The minimum absolute atomic E-state index is 0.0701. The molecule has 2 aliphatic rings. The molecular weight excluding hydrogens is 300 g/mol. The molecular formula is C15H24N4O4. The average Bonchev–Trinajstić information content (AvgIpc) is 3.14. The largest absolute Gasteiger partial charge is 0.354 e. The third-order valence-electron chi connectivity index (χ3n) is 4.08. The van der Waals surface area contributed by atoms with Gasteiger partial charge in [-0.05, 0) is 32.1 Å².